The van der Waals surface area contributed by atoms with Gasteiger partial charge in [-0.3, -0.25) is 4.98 Å². The first kappa shape index (κ1) is 12.8. The molecule has 0 bridgehead atoms. The molecule has 1 heterocycles. The molecule has 1 fully saturated rings. The second-order valence-corrected chi connectivity index (χ2v) is 5.54. The smallest absolute Gasteiger partial charge is 0.141 e. The van der Waals surface area contributed by atoms with E-state index in [0.717, 1.165) is 30.0 Å². The first-order valence-electron chi connectivity index (χ1n) is 5.95. The highest BCUT2D eigenvalue weighted by molar-refractivity contribution is 9.09. The molecule has 1 aliphatic rings. The third kappa shape index (κ3) is 2.63. The number of hydrogen-bond donors (Lipinski definition) is 0. The molecule has 3 nitrogen and oxygen atoms in total. The monoisotopic (exact) mass is 299 g/mol. The van der Waals surface area contributed by atoms with Crippen LogP contribution in [0.15, 0.2) is 12.1 Å². The zero-order valence-corrected chi connectivity index (χ0v) is 12.0. The van der Waals surface area contributed by atoms with Crippen molar-refractivity contribution in [2.24, 2.45) is 0 Å². The minimum absolute atomic E-state index is 0.138. The van der Waals surface area contributed by atoms with Crippen LogP contribution in [0.5, 0.6) is 5.75 Å². The molecule has 17 heavy (non-hydrogen) atoms. The predicted molar refractivity (Wildman–Crippen MR) is 70.9 cm³/mol. The molecule has 94 valence electrons. The molecule has 3 atom stereocenters. The van der Waals surface area contributed by atoms with Crippen LogP contribution in [0.4, 0.5) is 0 Å². The molecular weight excluding hydrogens is 282 g/mol. The summed E-state index contributed by atoms with van der Waals surface area (Å²) in [5, 5.41) is 0. The van der Waals surface area contributed by atoms with Gasteiger partial charge in [0.15, 0.2) is 0 Å². The molecule has 0 N–H and O–H groups in total. The van der Waals surface area contributed by atoms with E-state index < -0.39 is 0 Å². The summed E-state index contributed by atoms with van der Waals surface area (Å²) >= 11 is 3.57. The highest BCUT2D eigenvalue weighted by Gasteiger charge is 2.41. The Morgan fingerprint density at radius 2 is 2.24 bits per heavy atom. The largest absolute Gasteiger partial charge is 0.486 e. The molecule has 1 aromatic heterocycles. The lowest BCUT2D eigenvalue weighted by Gasteiger charge is -2.40. The number of hydrogen-bond acceptors (Lipinski definition) is 3. The van der Waals surface area contributed by atoms with Crippen molar-refractivity contribution in [1.82, 2.24) is 4.98 Å². The highest BCUT2D eigenvalue weighted by Crippen LogP contribution is 2.34. The second-order valence-electron chi connectivity index (χ2n) is 4.36. The van der Waals surface area contributed by atoms with Gasteiger partial charge in [0.25, 0.3) is 0 Å². The standard InChI is InChI=1S/C13H18BrNO2/c1-4-10-11(6-5-8(2)15-10)17-12-7-9(14)13(12)16-3/h5-6,9,12-13H,4,7H2,1-3H3. The second kappa shape index (κ2) is 5.36. The van der Waals surface area contributed by atoms with Crippen LogP contribution in [0.3, 0.4) is 0 Å². The summed E-state index contributed by atoms with van der Waals surface area (Å²) in [5.41, 5.74) is 2.06. The number of pyridine rings is 1. The summed E-state index contributed by atoms with van der Waals surface area (Å²) in [5.74, 6) is 0.893. The zero-order chi connectivity index (χ0) is 12.4. The van der Waals surface area contributed by atoms with Crippen molar-refractivity contribution >= 4 is 15.9 Å². The average Bonchev–Trinajstić information content (AvgIpc) is 2.30. The molecule has 0 aromatic carbocycles. The van der Waals surface area contributed by atoms with Gasteiger partial charge in [0.1, 0.15) is 18.0 Å². The summed E-state index contributed by atoms with van der Waals surface area (Å²) in [7, 11) is 1.72. The quantitative estimate of drug-likeness (QED) is 0.801. The fourth-order valence-electron chi connectivity index (χ4n) is 2.06. The molecular formula is C13H18BrNO2. The fourth-order valence-corrected chi connectivity index (χ4v) is 2.99. The predicted octanol–water partition coefficient (Wildman–Crippen LogP) is 2.88. The van der Waals surface area contributed by atoms with Gasteiger partial charge in [0, 0.05) is 24.1 Å². The van der Waals surface area contributed by atoms with Gasteiger partial charge in [-0.1, -0.05) is 22.9 Å². The van der Waals surface area contributed by atoms with Crippen LogP contribution in [0.1, 0.15) is 24.7 Å². The summed E-state index contributed by atoms with van der Waals surface area (Å²) in [4.78, 5) is 4.90. The number of nitrogens with zero attached hydrogens (tertiary/aromatic N) is 1. The van der Waals surface area contributed by atoms with Crippen molar-refractivity contribution in [1.29, 1.82) is 0 Å². The van der Waals surface area contributed by atoms with Gasteiger partial charge in [0.2, 0.25) is 0 Å². The van der Waals surface area contributed by atoms with Gasteiger partial charge >= 0.3 is 0 Å². The number of methoxy groups -OCH3 is 1. The van der Waals surface area contributed by atoms with Crippen LogP contribution in [0, 0.1) is 6.92 Å². The van der Waals surface area contributed by atoms with E-state index in [1.165, 1.54) is 0 Å². The molecule has 1 aromatic rings. The minimum atomic E-state index is 0.138. The number of aryl methyl sites for hydroxylation is 2. The Bertz CT molecular complexity index is 397. The van der Waals surface area contributed by atoms with Crippen LogP contribution in [0.25, 0.3) is 0 Å². The van der Waals surface area contributed by atoms with Crippen LogP contribution in [0.2, 0.25) is 0 Å². The molecule has 2 rings (SSSR count). The van der Waals surface area contributed by atoms with E-state index in [0.29, 0.717) is 4.83 Å². The Morgan fingerprint density at radius 1 is 1.47 bits per heavy atom. The van der Waals surface area contributed by atoms with E-state index >= 15 is 0 Å². The number of rotatable bonds is 4. The maximum atomic E-state index is 5.98. The van der Waals surface area contributed by atoms with Crippen molar-refractivity contribution in [2.75, 3.05) is 7.11 Å². The Hall–Kier alpha value is -0.610. The Morgan fingerprint density at radius 3 is 2.82 bits per heavy atom. The van der Waals surface area contributed by atoms with E-state index in [1.54, 1.807) is 7.11 Å². The Kier molecular flexibility index (Phi) is 4.05. The first-order chi connectivity index (χ1) is 8.15. The highest BCUT2D eigenvalue weighted by atomic mass is 79.9. The molecule has 0 aliphatic heterocycles. The van der Waals surface area contributed by atoms with Crippen LogP contribution < -0.4 is 4.74 Å². The molecule has 4 heteroatoms. The first-order valence-corrected chi connectivity index (χ1v) is 6.87. The molecule has 1 saturated carbocycles. The van der Waals surface area contributed by atoms with E-state index in [-0.39, 0.29) is 12.2 Å². The summed E-state index contributed by atoms with van der Waals surface area (Å²) < 4.78 is 11.4. The van der Waals surface area contributed by atoms with Crippen molar-refractivity contribution in [2.45, 2.75) is 43.7 Å². The van der Waals surface area contributed by atoms with E-state index in [1.807, 2.05) is 19.1 Å². The SMILES string of the molecule is CCc1nc(C)ccc1OC1CC(Br)C1OC. The van der Waals surface area contributed by atoms with Crippen molar-refractivity contribution in [3.63, 3.8) is 0 Å². The van der Waals surface area contributed by atoms with Gasteiger partial charge < -0.3 is 9.47 Å². The third-order valence-corrected chi connectivity index (χ3v) is 4.03. The lowest BCUT2D eigenvalue weighted by molar-refractivity contribution is -0.0549. The Labute approximate surface area is 111 Å². The summed E-state index contributed by atoms with van der Waals surface area (Å²) in [6.07, 6.45) is 2.15. The lowest BCUT2D eigenvalue weighted by atomic mass is 9.91. The van der Waals surface area contributed by atoms with E-state index in [4.69, 9.17) is 9.47 Å². The molecule has 3 unspecified atom stereocenters. The molecule has 0 amide bonds. The van der Waals surface area contributed by atoms with E-state index in [9.17, 15) is 0 Å². The third-order valence-electron chi connectivity index (χ3n) is 3.14. The van der Waals surface area contributed by atoms with Gasteiger partial charge in [-0.15, -0.1) is 0 Å². The number of alkyl halides is 1. The Balaban J connectivity index is 2.09. The lowest BCUT2D eigenvalue weighted by Crippen LogP contribution is -2.52. The van der Waals surface area contributed by atoms with Crippen molar-refractivity contribution in [3.8, 4) is 5.75 Å². The van der Waals surface area contributed by atoms with Crippen LogP contribution >= 0.6 is 15.9 Å². The maximum Gasteiger partial charge on any atom is 0.141 e. The molecule has 0 spiro atoms. The fraction of sp³-hybridized carbons (Fsp3) is 0.615. The minimum Gasteiger partial charge on any atom is -0.486 e. The van der Waals surface area contributed by atoms with E-state index in [2.05, 4.69) is 27.8 Å². The number of halogens is 1. The van der Waals surface area contributed by atoms with Gasteiger partial charge in [0.05, 0.1) is 5.69 Å². The molecule has 0 radical (unpaired) electrons. The molecule has 0 saturated heterocycles. The summed E-state index contributed by atoms with van der Waals surface area (Å²) in [6, 6.07) is 4.00. The van der Waals surface area contributed by atoms with Gasteiger partial charge in [-0.2, -0.15) is 0 Å². The number of aromatic nitrogens is 1. The van der Waals surface area contributed by atoms with Gasteiger partial charge in [-0.05, 0) is 25.5 Å². The number of ether oxygens (including phenoxy) is 2. The topological polar surface area (TPSA) is 31.4 Å². The maximum absolute atomic E-state index is 5.98. The average molecular weight is 300 g/mol. The van der Waals surface area contributed by atoms with Crippen LogP contribution in [-0.4, -0.2) is 29.1 Å². The molecule has 1 aliphatic carbocycles. The van der Waals surface area contributed by atoms with Gasteiger partial charge in [-0.25, -0.2) is 0 Å². The zero-order valence-electron chi connectivity index (χ0n) is 10.4. The summed E-state index contributed by atoms with van der Waals surface area (Å²) in [6.45, 7) is 4.09. The van der Waals surface area contributed by atoms with Crippen molar-refractivity contribution in [3.05, 3.63) is 23.5 Å². The van der Waals surface area contributed by atoms with Crippen LogP contribution in [-0.2, 0) is 11.2 Å². The normalized spacial score (nSPS) is 27.6. The van der Waals surface area contributed by atoms with Crippen molar-refractivity contribution < 1.29 is 9.47 Å².